The molecule has 0 aromatic rings. The van der Waals surface area contributed by atoms with Crippen molar-refractivity contribution in [2.75, 3.05) is 39.0 Å². The van der Waals surface area contributed by atoms with Gasteiger partial charge in [0, 0.05) is 41.4 Å². The number of nitrogens with one attached hydrogen (secondary N) is 2. The molecule has 1 heterocycles. The highest BCUT2D eigenvalue weighted by atomic mass is 127. The molecule has 1 aliphatic carbocycles. The molecular formula is C20H41IN4OS. The summed E-state index contributed by atoms with van der Waals surface area (Å²) in [6.07, 6.45) is 9.60. The van der Waals surface area contributed by atoms with Crippen LogP contribution in [0.25, 0.3) is 0 Å². The Kier molecular flexibility index (Phi) is 13.2. The Morgan fingerprint density at radius 2 is 1.93 bits per heavy atom. The van der Waals surface area contributed by atoms with Crippen molar-refractivity contribution in [2.45, 2.75) is 76.5 Å². The quantitative estimate of drug-likeness (QED) is 0.227. The number of guanidine groups is 1. The van der Waals surface area contributed by atoms with Gasteiger partial charge >= 0.3 is 0 Å². The van der Waals surface area contributed by atoms with Crippen LogP contribution in [0.1, 0.15) is 65.2 Å². The van der Waals surface area contributed by atoms with Gasteiger partial charge in [0.1, 0.15) is 0 Å². The Labute approximate surface area is 186 Å². The van der Waals surface area contributed by atoms with Gasteiger partial charge in [0.05, 0.1) is 0 Å². The maximum Gasteiger partial charge on any atom is 0.191 e. The summed E-state index contributed by atoms with van der Waals surface area (Å²) in [7, 11) is 1.17. The average molecular weight is 513 g/mol. The van der Waals surface area contributed by atoms with E-state index in [-0.39, 0.29) is 24.0 Å². The minimum Gasteiger partial charge on any atom is -0.356 e. The molecule has 1 saturated carbocycles. The number of aliphatic imine (C=N–C) groups is 1. The van der Waals surface area contributed by atoms with Crippen LogP contribution in [0, 0.1) is 5.92 Å². The smallest absolute Gasteiger partial charge is 0.191 e. The molecule has 2 aliphatic rings. The highest BCUT2D eigenvalue weighted by molar-refractivity contribution is 14.0. The Balaban J connectivity index is 0.00000364. The van der Waals surface area contributed by atoms with Crippen molar-refractivity contribution in [1.82, 2.24) is 15.5 Å². The number of hydrogen-bond acceptors (Lipinski definition) is 3. The predicted molar refractivity (Wildman–Crippen MR) is 129 cm³/mol. The first-order valence-corrected chi connectivity index (χ1v) is 12.1. The largest absolute Gasteiger partial charge is 0.356 e. The van der Waals surface area contributed by atoms with Crippen molar-refractivity contribution in [1.29, 1.82) is 0 Å². The molecule has 3 unspecified atom stereocenters. The lowest BCUT2D eigenvalue weighted by Gasteiger charge is -2.30. The molecule has 27 heavy (non-hydrogen) atoms. The first-order valence-electron chi connectivity index (χ1n) is 10.7. The summed E-state index contributed by atoms with van der Waals surface area (Å²) >= 11 is 0. The maximum absolute atomic E-state index is 12.1. The second-order valence-electron chi connectivity index (χ2n) is 8.03. The molecule has 2 fully saturated rings. The van der Waals surface area contributed by atoms with E-state index in [9.17, 15) is 4.21 Å². The van der Waals surface area contributed by atoms with Gasteiger partial charge in [0.2, 0.25) is 0 Å². The van der Waals surface area contributed by atoms with Crippen LogP contribution in [-0.4, -0.2) is 65.3 Å². The van der Waals surface area contributed by atoms with E-state index in [1.165, 1.54) is 51.7 Å². The van der Waals surface area contributed by atoms with Gasteiger partial charge in [-0.25, -0.2) is 0 Å². The van der Waals surface area contributed by atoms with Gasteiger partial charge in [-0.3, -0.25) is 9.20 Å². The lowest BCUT2D eigenvalue weighted by atomic mass is 9.95. The Morgan fingerprint density at radius 3 is 2.59 bits per heavy atom. The Bertz CT molecular complexity index is 455. The van der Waals surface area contributed by atoms with Crippen LogP contribution in [0.3, 0.4) is 0 Å². The van der Waals surface area contributed by atoms with E-state index in [0.717, 1.165) is 43.4 Å². The number of piperidine rings is 1. The van der Waals surface area contributed by atoms with Gasteiger partial charge in [0.25, 0.3) is 0 Å². The van der Waals surface area contributed by atoms with Gasteiger partial charge in [-0.05, 0) is 70.5 Å². The first kappa shape index (κ1) is 25.1. The molecule has 1 aliphatic heterocycles. The third kappa shape index (κ3) is 9.43. The molecule has 0 bridgehead atoms. The van der Waals surface area contributed by atoms with Crippen molar-refractivity contribution in [2.24, 2.45) is 10.9 Å². The van der Waals surface area contributed by atoms with Crippen LogP contribution in [0.5, 0.6) is 0 Å². The van der Waals surface area contributed by atoms with Gasteiger partial charge in [-0.2, -0.15) is 0 Å². The molecule has 0 spiro atoms. The normalized spacial score (nSPS) is 26.3. The standard InChI is InChI=1S/C20H40N4OS.HI/c1-4-26(25)19-9-7-8-18(16-19)23-20(21-3)22-12-5-6-13-24-14-10-17(2)11-15-24;/h17-19H,4-16H2,1-3H3,(H2,21,22,23);1H. The van der Waals surface area contributed by atoms with Gasteiger partial charge in [0.15, 0.2) is 5.96 Å². The molecule has 0 aromatic heterocycles. The summed E-state index contributed by atoms with van der Waals surface area (Å²) in [5, 5.41) is 7.38. The van der Waals surface area contributed by atoms with Crippen LogP contribution in [0.15, 0.2) is 4.99 Å². The van der Waals surface area contributed by atoms with Crippen molar-refractivity contribution >= 4 is 40.7 Å². The molecule has 3 atom stereocenters. The molecule has 2 rings (SSSR count). The van der Waals surface area contributed by atoms with E-state index < -0.39 is 10.8 Å². The van der Waals surface area contributed by atoms with Crippen LogP contribution in [-0.2, 0) is 10.8 Å². The van der Waals surface area contributed by atoms with E-state index in [4.69, 9.17) is 0 Å². The lowest BCUT2D eigenvalue weighted by Crippen LogP contribution is -2.46. The minimum atomic E-state index is -0.669. The fourth-order valence-electron chi connectivity index (χ4n) is 4.09. The molecule has 1 saturated heterocycles. The molecule has 5 nitrogen and oxygen atoms in total. The van der Waals surface area contributed by atoms with Gasteiger partial charge in [-0.15, -0.1) is 24.0 Å². The fourth-order valence-corrected chi connectivity index (χ4v) is 5.44. The van der Waals surface area contributed by atoms with Gasteiger partial charge < -0.3 is 15.5 Å². The molecule has 0 radical (unpaired) electrons. The molecule has 160 valence electrons. The zero-order valence-electron chi connectivity index (χ0n) is 17.5. The minimum absolute atomic E-state index is 0. The van der Waals surface area contributed by atoms with E-state index in [1.54, 1.807) is 0 Å². The number of unbranched alkanes of at least 4 members (excludes halogenated alkanes) is 1. The summed E-state index contributed by atoms with van der Waals surface area (Å²) in [4.78, 5) is 6.99. The summed E-state index contributed by atoms with van der Waals surface area (Å²) in [5.74, 6) is 2.60. The van der Waals surface area contributed by atoms with E-state index >= 15 is 0 Å². The zero-order valence-corrected chi connectivity index (χ0v) is 20.7. The van der Waals surface area contributed by atoms with E-state index in [0.29, 0.717) is 11.3 Å². The first-order chi connectivity index (χ1) is 12.6. The summed E-state index contributed by atoms with van der Waals surface area (Å²) in [6.45, 7) is 9.15. The third-order valence-electron chi connectivity index (χ3n) is 5.92. The zero-order chi connectivity index (χ0) is 18.8. The van der Waals surface area contributed by atoms with Crippen molar-refractivity contribution < 1.29 is 4.21 Å². The SMILES string of the molecule is CCS(=O)C1CCCC(NC(=NC)NCCCCN2CCC(C)CC2)C1.I. The highest BCUT2D eigenvalue weighted by Gasteiger charge is 2.26. The van der Waals surface area contributed by atoms with E-state index in [2.05, 4.69) is 27.4 Å². The molecule has 0 amide bonds. The lowest BCUT2D eigenvalue weighted by molar-refractivity contribution is 0.189. The summed E-state index contributed by atoms with van der Waals surface area (Å²) in [6, 6.07) is 0.408. The third-order valence-corrected chi connectivity index (χ3v) is 7.66. The Morgan fingerprint density at radius 1 is 1.19 bits per heavy atom. The average Bonchev–Trinajstić information content (AvgIpc) is 2.67. The van der Waals surface area contributed by atoms with Crippen LogP contribution in [0.2, 0.25) is 0 Å². The van der Waals surface area contributed by atoms with Crippen molar-refractivity contribution in [3.8, 4) is 0 Å². The van der Waals surface area contributed by atoms with Crippen molar-refractivity contribution in [3.63, 3.8) is 0 Å². The maximum atomic E-state index is 12.1. The number of hydrogen-bond donors (Lipinski definition) is 2. The number of likely N-dealkylation sites (tertiary alicyclic amines) is 1. The Hall–Kier alpha value is 0.110. The number of rotatable bonds is 8. The number of nitrogens with zero attached hydrogens (tertiary/aromatic N) is 2. The van der Waals surface area contributed by atoms with E-state index in [1.807, 2.05) is 14.0 Å². The summed E-state index contributed by atoms with van der Waals surface area (Å²) < 4.78 is 12.1. The second kappa shape index (κ2) is 14.1. The van der Waals surface area contributed by atoms with Crippen LogP contribution >= 0.6 is 24.0 Å². The number of halogens is 1. The van der Waals surface area contributed by atoms with Crippen LogP contribution < -0.4 is 10.6 Å². The second-order valence-corrected chi connectivity index (χ2v) is 10.0. The topological polar surface area (TPSA) is 56.7 Å². The predicted octanol–water partition coefficient (Wildman–Crippen LogP) is 3.36. The molecule has 2 N–H and O–H groups in total. The fraction of sp³-hybridized carbons (Fsp3) is 0.950. The molecule has 0 aromatic carbocycles. The molecular weight excluding hydrogens is 471 g/mol. The van der Waals surface area contributed by atoms with Gasteiger partial charge in [-0.1, -0.05) is 20.3 Å². The molecule has 7 heteroatoms. The van der Waals surface area contributed by atoms with Crippen molar-refractivity contribution in [3.05, 3.63) is 0 Å². The summed E-state index contributed by atoms with van der Waals surface area (Å²) in [5.41, 5.74) is 0. The monoisotopic (exact) mass is 512 g/mol. The highest BCUT2D eigenvalue weighted by Crippen LogP contribution is 2.23. The van der Waals surface area contributed by atoms with Crippen LogP contribution in [0.4, 0.5) is 0 Å².